The second-order valence-corrected chi connectivity index (χ2v) is 5.41. The minimum absolute atomic E-state index is 0.166. The molecule has 0 bridgehead atoms. The molecule has 8 heteroatoms. The van der Waals surface area contributed by atoms with Gasteiger partial charge in [-0.15, -0.1) is 0 Å². The Kier molecular flexibility index (Phi) is 6.84. The minimum Gasteiger partial charge on any atom is -0.452 e. The molecule has 4 N–H and O–H groups in total. The molecule has 7 nitrogen and oxygen atoms in total. The molecule has 1 aromatic rings. The number of hydrogen-bond acceptors (Lipinski definition) is 5. The highest BCUT2D eigenvalue weighted by Gasteiger charge is 2.17. The normalized spacial score (nSPS) is 11.4. The third-order valence-electron chi connectivity index (χ3n) is 2.69. The van der Waals surface area contributed by atoms with E-state index >= 15 is 0 Å². The van der Waals surface area contributed by atoms with Crippen molar-refractivity contribution in [2.75, 3.05) is 18.9 Å². The fraction of sp³-hybridized carbons (Fsp3) is 0.357. The lowest BCUT2D eigenvalue weighted by Crippen LogP contribution is -2.46. The molecule has 0 heterocycles. The van der Waals surface area contributed by atoms with Crippen molar-refractivity contribution >= 4 is 39.4 Å². The summed E-state index contributed by atoms with van der Waals surface area (Å²) in [6.07, 6.45) is 0. The fourth-order valence-corrected chi connectivity index (χ4v) is 1.95. The van der Waals surface area contributed by atoms with Crippen molar-refractivity contribution in [3.05, 3.63) is 28.2 Å². The molecule has 0 aromatic heterocycles. The van der Waals surface area contributed by atoms with Crippen molar-refractivity contribution in [3.63, 3.8) is 0 Å². The van der Waals surface area contributed by atoms with Crippen LogP contribution < -0.4 is 16.4 Å². The van der Waals surface area contributed by atoms with Gasteiger partial charge in [0.15, 0.2) is 6.61 Å². The SMILES string of the molecule is CCNC(=O)[C@H](C)NC(=O)COC(=O)c1cc(Br)ccc1N. The zero-order chi connectivity index (χ0) is 16.7. The number of carbonyl (C=O) groups excluding carboxylic acids is 3. The van der Waals surface area contributed by atoms with Crippen LogP contribution in [0.3, 0.4) is 0 Å². The third kappa shape index (κ3) is 5.36. The highest BCUT2D eigenvalue weighted by molar-refractivity contribution is 9.10. The van der Waals surface area contributed by atoms with Gasteiger partial charge >= 0.3 is 5.97 Å². The van der Waals surface area contributed by atoms with Gasteiger partial charge in [0.25, 0.3) is 5.91 Å². The molecule has 0 radical (unpaired) electrons. The Morgan fingerprint density at radius 2 is 2.05 bits per heavy atom. The number of benzene rings is 1. The van der Waals surface area contributed by atoms with Crippen molar-refractivity contribution in [2.45, 2.75) is 19.9 Å². The largest absolute Gasteiger partial charge is 0.452 e. The lowest BCUT2D eigenvalue weighted by atomic mass is 10.2. The highest BCUT2D eigenvalue weighted by Crippen LogP contribution is 2.19. The Morgan fingerprint density at radius 3 is 2.68 bits per heavy atom. The molecule has 1 aromatic carbocycles. The molecule has 0 aliphatic rings. The number of likely N-dealkylation sites (N-methyl/N-ethyl adjacent to an activating group) is 1. The summed E-state index contributed by atoms with van der Waals surface area (Å²) in [5.41, 5.74) is 6.10. The Hall–Kier alpha value is -2.09. The average molecular weight is 372 g/mol. The van der Waals surface area contributed by atoms with Crippen LogP contribution in [-0.4, -0.2) is 37.0 Å². The van der Waals surface area contributed by atoms with Crippen LogP contribution in [-0.2, 0) is 14.3 Å². The van der Waals surface area contributed by atoms with E-state index in [2.05, 4.69) is 26.6 Å². The number of esters is 1. The van der Waals surface area contributed by atoms with Crippen LogP contribution in [0.4, 0.5) is 5.69 Å². The summed E-state index contributed by atoms with van der Waals surface area (Å²) in [5.74, 6) is -1.58. The van der Waals surface area contributed by atoms with Crippen molar-refractivity contribution in [3.8, 4) is 0 Å². The molecule has 0 fully saturated rings. The lowest BCUT2D eigenvalue weighted by Gasteiger charge is -2.13. The lowest BCUT2D eigenvalue weighted by molar-refractivity contribution is -0.130. The minimum atomic E-state index is -0.709. The molecule has 0 saturated heterocycles. The summed E-state index contributed by atoms with van der Waals surface area (Å²) in [4.78, 5) is 35.0. The summed E-state index contributed by atoms with van der Waals surface area (Å²) in [6.45, 7) is 3.29. The highest BCUT2D eigenvalue weighted by atomic mass is 79.9. The van der Waals surface area contributed by atoms with Gasteiger partial charge in [0.05, 0.1) is 5.56 Å². The van der Waals surface area contributed by atoms with E-state index in [-0.39, 0.29) is 17.2 Å². The first-order chi connectivity index (χ1) is 10.3. The Labute approximate surface area is 136 Å². The number of hydrogen-bond donors (Lipinski definition) is 3. The maximum Gasteiger partial charge on any atom is 0.340 e. The van der Waals surface area contributed by atoms with Gasteiger partial charge in [-0.25, -0.2) is 4.79 Å². The monoisotopic (exact) mass is 371 g/mol. The predicted molar refractivity (Wildman–Crippen MR) is 85.1 cm³/mol. The smallest absolute Gasteiger partial charge is 0.340 e. The van der Waals surface area contributed by atoms with Crippen LogP contribution in [0.1, 0.15) is 24.2 Å². The van der Waals surface area contributed by atoms with E-state index in [0.29, 0.717) is 11.0 Å². The standard InChI is InChI=1S/C14H18BrN3O4/c1-3-17-13(20)8(2)18-12(19)7-22-14(21)10-6-9(15)4-5-11(10)16/h4-6,8H,3,7,16H2,1-2H3,(H,17,20)(H,18,19)/t8-/m0/s1. The van der Waals surface area contributed by atoms with Crippen LogP contribution in [0.25, 0.3) is 0 Å². The fourth-order valence-electron chi connectivity index (χ4n) is 1.59. The number of amides is 2. The van der Waals surface area contributed by atoms with Crippen LogP contribution >= 0.6 is 15.9 Å². The second kappa shape index (κ2) is 8.38. The van der Waals surface area contributed by atoms with Crippen LogP contribution in [0, 0.1) is 0 Å². The molecule has 0 unspecified atom stereocenters. The molecule has 1 rings (SSSR count). The van der Waals surface area contributed by atoms with Crippen molar-refractivity contribution in [2.24, 2.45) is 0 Å². The second-order valence-electron chi connectivity index (χ2n) is 4.49. The molecule has 0 saturated carbocycles. The summed E-state index contributed by atoms with van der Waals surface area (Å²) < 4.78 is 5.55. The predicted octanol–water partition coefficient (Wildman–Crippen LogP) is 0.829. The molecule has 2 amide bonds. The van der Waals surface area contributed by atoms with Gasteiger partial charge in [-0.3, -0.25) is 9.59 Å². The van der Waals surface area contributed by atoms with Gasteiger partial charge in [0.1, 0.15) is 6.04 Å². The van der Waals surface area contributed by atoms with Gasteiger partial charge in [0.2, 0.25) is 5.91 Å². The number of nitrogens with one attached hydrogen (secondary N) is 2. The summed E-state index contributed by atoms with van der Waals surface area (Å²) in [5, 5.41) is 5.00. The number of nitrogen functional groups attached to an aromatic ring is 1. The maximum absolute atomic E-state index is 11.9. The number of rotatable bonds is 6. The maximum atomic E-state index is 11.9. The average Bonchev–Trinajstić information content (AvgIpc) is 2.47. The first kappa shape index (κ1) is 18.0. The van der Waals surface area contributed by atoms with Gasteiger partial charge in [-0.05, 0) is 32.0 Å². The van der Waals surface area contributed by atoms with E-state index in [1.54, 1.807) is 19.1 Å². The summed E-state index contributed by atoms with van der Waals surface area (Å²) in [7, 11) is 0. The van der Waals surface area contributed by atoms with E-state index in [4.69, 9.17) is 10.5 Å². The zero-order valence-corrected chi connectivity index (χ0v) is 13.9. The van der Waals surface area contributed by atoms with E-state index in [1.807, 2.05) is 0 Å². The number of halogens is 1. The topological polar surface area (TPSA) is 111 Å². The van der Waals surface area contributed by atoms with Crippen molar-refractivity contribution < 1.29 is 19.1 Å². The number of nitrogens with two attached hydrogens (primary N) is 1. The first-order valence-electron chi connectivity index (χ1n) is 6.64. The summed E-state index contributed by atoms with van der Waals surface area (Å²) >= 11 is 3.22. The Balaban J connectivity index is 2.52. The van der Waals surface area contributed by atoms with Gasteiger partial charge in [-0.1, -0.05) is 15.9 Å². The number of carbonyl (C=O) groups is 3. The van der Waals surface area contributed by atoms with Gasteiger partial charge in [-0.2, -0.15) is 0 Å². The molecule has 22 heavy (non-hydrogen) atoms. The van der Waals surface area contributed by atoms with E-state index in [0.717, 1.165) is 0 Å². The molecular formula is C14H18BrN3O4. The van der Waals surface area contributed by atoms with Gasteiger partial charge < -0.3 is 21.1 Å². The number of ether oxygens (including phenoxy) is 1. The zero-order valence-electron chi connectivity index (χ0n) is 12.3. The van der Waals surface area contributed by atoms with Crippen LogP contribution in [0.2, 0.25) is 0 Å². The third-order valence-corrected chi connectivity index (χ3v) is 3.18. The Bertz CT molecular complexity index is 577. The number of anilines is 1. The van der Waals surface area contributed by atoms with Gasteiger partial charge in [0, 0.05) is 16.7 Å². The van der Waals surface area contributed by atoms with Crippen LogP contribution in [0.15, 0.2) is 22.7 Å². The summed E-state index contributed by atoms with van der Waals surface area (Å²) in [6, 6.07) is 4.04. The Morgan fingerprint density at radius 1 is 1.36 bits per heavy atom. The van der Waals surface area contributed by atoms with Crippen LogP contribution in [0.5, 0.6) is 0 Å². The van der Waals surface area contributed by atoms with E-state index < -0.39 is 24.5 Å². The molecule has 0 aliphatic heterocycles. The van der Waals surface area contributed by atoms with E-state index in [9.17, 15) is 14.4 Å². The van der Waals surface area contributed by atoms with E-state index in [1.165, 1.54) is 13.0 Å². The quantitative estimate of drug-likeness (QED) is 0.506. The molecule has 1 atom stereocenters. The van der Waals surface area contributed by atoms with Crippen molar-refractivity contribution in [1.29, 1.82) is 0 Å². The molecule has 0 spiro atoms. The first-order valence-corrected chi connectivity index (χ1v) is 7.43. The molecular weight excluding hydrogens is 354 g/mol. The molecule has 0 aliphatic carbocycles. The molecule has 120 valence electrons. The van der Waals surface area contributed by atoms with Crippen molar-refractivity contribution in [1.82, 2.24) is 10.6 Å².